The van der Waals surface area contributed by atoms with E-state index < -0.39 is 0 Å². The Bertz CT molecular complexity index is 793. The van der Waals surface area contributed by atoms with Gasteiger partial charge in [0, 0.05) is 25.6 Å². The van der Waals surface area contributed by atoms with Crippen molar-refractivity contribution in [3.8, 4) is 0 Å². The zero-order chi connectivity index (χ0) is 19.7. The first-order chi connectivity index (χ1) is 14.4. The molecule has 150 valence electrons. The van der Waals surface area contributed by atoms with Crippen molar-refractivity contribution in [3.05, 3.63) is 108 Å². The first kappa shape index (κ1) is 19.9. The summed E-state index contributed by atoms with van der Waals surface area (Å²) < 4.78 is 0. The fourth-order valence-corrected chi connectivity index (χ4v) is 4.46. The molecule has 0 aromatic heterocycles. The van der Waals surface area contributed by atoms with Crippen LogP contribution >= 0.6 is 0 Å². The van der Waals surface area contributed by atoms with E-state index in [1.165, 1.54) is 49.2 Å². The van der Waals surface area contributed by atoms with Crippen molar-refractivity contribution in [2.75, 3.05) is 32.7 Å². The van der Waals surface area contributed by atoms with Crippen LogP contribution in [0.3, 0.4) is 0 Å². The molecule has 0 aliphatic carbocycles. The average molecular weight is 385 g/mol. The highest BCUT2D eigenvalue weighted by Gasteiger charge is 2.18. The lowest BCUT2D eigenvalue weighted by Gasteiger charge is -2.25. The summed E-state index contributed by atoms with van der Waals surface area (Å²) in [7, 11) is 0. The van der Waals surface area contributed by atoms with Gasteiger partial charge in [-0.1, -0.05) is 91.0 Å². The zero-order valence-corrected chi connectivity index (χ0v) is 17.3. The molecule has 1 heterocycles. The predicted octanol–water partition coefficient (Wildman–Crippen LogP) is 5.42. The molecule has 3 aromatic rings. The van der Waals surface area contributed by atoms with Gasteiger partial charge in [0.05, 0.1) is 0 Å². The molecule has 0 unspecified atom stereocenters. The van der Waals surface area contributed by atoms with Crippen molar-refractivity contribution < 1.29 is 0 Å². The Morgan fingerprint density at radius 2 is 1.10 bits per heavy atom. The largest absolute Gasteiger partial charge is 0.302 e. The summed E-state index contributed by atoms with van der Waals surface area (Å²) in [5, 5.41) is 0. The monoisotopic (exact) mass is 384 g/mol. The minimum atomic E-state index is 0.473. The molecule has 1 aliphatic rings. The van der Waals surface area contributed by atoms with Crippen molar-refractivity contribution >= 4 is 0 Å². The van der Waals surface area contributed by atoms with Crippen LogP contribution in [-0.2, 0) is 6.54 Å². The lowest BCUT2D eigenvalue weighted by molar-refractivity contribution is 0.248. The summed E-state index contributed by atoms with van der Waals surface area (Å²) in [6, 6.07) is 32.9. The quantitative estimate of drug-likeness (QED) is 0.537. The first-order valence-corrected chi connectivity index (χ1v) is 11.0. The first-order valence-electron chi connectivity index (χ1n) is 11.0. The summed E-state index contributed by atoms with van der Waals surface area (Å²) in [6.45, 7) is 6.98. The normalized spacial score (nSPS) is 16.0. The lowest BCUT2D eigenvalue weighted by atomic mass is 9.88. The Morgan fingerprint density at radius 3 is 1.72 bits per heavy atom. The second-order valence-corrected chi connectivity index (χ2v) is 8.12. The van der Waals surface area contributed by atoms with Crippen molar-refractivity contribution in [1.29, 1.82) is 0 Å². The molecule has 2 heteroatoms. The van der Waals surface area contributed by atoms with Crippen molar-refractivity contribution in [2.24, 2.45) is 0 Å². The van der Waals surface area contributed by atoms with E-state index in [9.17, 15) is 0 Å². The van der Waals surface area contributed by atoms with E-state index in [0.29, 0.717) is 5.92 Å². The van der Waals surface area contributed by atoms with Crippen LogP contribution in [0.25, 0.3) is 0 Å². The summed E-state index contributed by atoms with van der Waals surface area (Å²) in [5.41, 5.74) is 4.28. The van der Waals surface area contributed by atoms with Gasteiger partial charge in [0.1, 0.15) is 0 Å². The van der Waals surface area contributed by atoms with E-state index in [1.807, 2.05) is 0 Å². The number of nitrogens with zero attached hydrogens (tertiary/aromatic N) is 2. The summed E-state index contributed by atoms with van der Waals surface area (Å²) in [6.07, 6.45) is 2.43. The molecule has 2 nitrogen and oxygen atoms in total. The Labute approximate surface area is 175 Å². The molecular weight excluding hydrogens is 352 g/mol. The van der Waals surface area contributed by atoms with Crippen LogP contribution in [0.5, 0.6) is 0 Å². The van der Waals surface area contributed by atoms with Crippen molar-refractivity contribution in [1.82, 2.24) is 9.80 Å². The predicted molar refractivity (Wildman–Crippen MR) is 122 cm³/mol. The van der Waals surface area contributed by atoms with Gasteiger partial charge >= 0.3 is 0 Å². The smallest absolute Gasteiger partial charge is 0.0234 e. The molecule has 1 saturated heterocycles. The third kappa shape index (κ3) is 5.79. The minimum absolute atomic E-state index is 0.473. The van der Waals surface area contributed by atoms with Crippen molar-refractivity contribution in [2.45, 2.75) is 25.3 Å². The lowest BCUT2D eigenvalue weighted by Crippen LogP contribution is -2.31. The maximum absolute atomic E-state index is 2.67. The highest BCUT2D eigenvalue weighted by Crippen LogP contribution is 2.28. The number of benzene rings is 3. The molecule has 3 aromatic carbocycles. The number of rotatable bonds is 7. The van der Waals surface area contributed by atoms with Gasteiger partial charge in [-0.3, -0.25) is 4.90 Å². The van der Waals surface area contributed by atoms with E-state index in [1.54, 1.807) is 0 Å². The zero-order valence-electron chi connectivity index (χ0n) is 17.3. The summed E-state index contributed by atoms with van der Waals surface area (Å²) in [5.74, 6) is 0.473. The third-order valence-corrected chi connectivity index (χ3v) is 6.07. The number of hydrogen-bond acceptors (Lipinski definition) is 2. The molecule has 4 rings (SSSR count). The van der Waals surface area contributed by atoms with Gasteiger partial charge in [-0.15, -0.1) is 0 Å². The average Bonchev–Trinajstić information content (AvgIpc) is 3.01. The third-order valence-electron chi connectivity index (χ3n) is 6.07. The molecular formula is C27H32N2. The Kier molecular flexibility index (Phi) is 7.12. The molecule has 0 bridgehead atoms. The molecule has 1 aliphatic heterocycles. The van der Waals surface area contributed by atoms with Crippen molar-refractivity contribution in [3.63, 3.8) is 0 Å². The van der Waals surface area contributed by atoms with Crippen LogP contribution in [-0.4, -0.2) is 42.5 Å². The second-order valence-electron chi connectivity index (χ2n) is 8.12. The highest BCUT2D eigenvalue weighted by atomic mass is 15.2. The van der Waals surface area contributed by atoms with E-state index in [4.69, 9.17) is 0 Å². The SMILES string of the molecule is c1ccc(CN2CCCN(CCC(c3ccccc3)c3ccccc3)CC2)cc1. The molecule has 0 N–H and O–H groups in total. The van der Waals surface area contributed by atoms with Crippen LogP contribution in [0, 0.1) is 0 Å². The molecule has 0 spiro atoms. The van der Waals surface area contributed by atoms with Gasteiger partial charge in [0.25, 0.3) is 0 Å². The Morgan fingerprint density at radius 1 is 0.586 bits per heavy atom. The van der Waals surface area contributed by atoms with E-state index >= 15 is 0 Å². The molecule has 29 heavy (non-hydrogen) atoms. The molecule has 0 amide bonds. The molecule has 0 saturated carbocycles. The minimum Gasteiger partial charge on any atom is -0.302 e. The van der Waals surface area contributed by atoms with Gasteiger partial charge in [0.2, 0.25) is 0 Å². The van der Waals surface area contributed by atoms with E-state index in [-0.39, 0.29) is 0 Å². The Hall–Kier alpha value is -2.42. The van der Waals surface area contributed by atoms with Crippen LogP contribution in [0.1, 0.15) is 35.4 Å². The van der Waals surface area contributed by atoms with Gasteiger partial charge in [-0.25, -0.2) is 0 Å². The number of hydrogen-bond donors (Lipinski definition) is 0. The molecule has 0 atom stereocenters. The van der Waals surface area contributed by atoms with E-state index in [2.05, 4.69) is 101 Å². The Balaban J connectivity index is 1.35. The molecule has 0 radical (unpaired) electrons. The maximum Gasteiger partial charge on any atom is 0.0234 e. The topological polar surface area (TPSA) is 6.48 Å². The highest BCUT2D eigenvalue weighted by molar-refractivity contribution is 5.32. The summed E-state index contributed by atoms with van der Waals surface area (Å²) >= 11 is 0. The summed E-state index contributed by atoms with van der Waals surface area (Å²) in [4.78, 5) is 5.28. The molecule has 1 fully saturated rings. The van der Waals surface area contributed by atoms with Gasteiger partial charge in [0.15, 0.2) is 0 Å². The van der Waals surface area contributed by atoms with Gasteiger partial charge in [-0.05, 0) is 49.2 Å². The van der Waals surface area contributed by atoms with Gasteiger partial charge in [-0.2, -0.15) is 0 Å². The second kappa shape index (κ2) is 10.4. The standard InChI is InChI=1S/C27H32N2/c1-4-11-24(12-5-1)23-29-19-10-18-28(21-22-29)20-17-27(25-13-6-2-7-14-25)26-15-8-3-9-16-26/h1-9,11-16,27H,10,17-23H2. The van der Waals surface area contributed by atoms with Gasteiger partial charge < -0.3 is 4.90 Å². The van der Waals surface area contributed by atoms with Crippen LogP contribution in [0.15, 0.2) is 91.0 Å². The van der Waals surface area contributed by atoms with Crippen LogP contribution in [0.2, 0.25) is 0 Å². The van der Waals surface area contributed by atoms with E-state index in [0.717, 1.165) is 19.6 Å². The fraction of sp³-hybridized carbons (Fsp3) is 0.333. The van der Waals surface area contributed by atoms with Crippen LogP contribution in [0.4, 0.5) is 0 Å². The fourth-order valence-electron chi connectivity index (χ4n) is 4.46. The van der Waals surface area contributed by atoms with Crippen LogP contribution < -0.4 is 0 Å². The maximum atomic E-state index is 2.67.